The summed E-state index contributed by atoms with van der Waals surface area (Å²) < 4.78 is 6.25. The summed E-state index contributed by atoms with van der Waals surface area (Å²) in [5.41, 5.74) is 0.268. The molecule has 0 saturated carbocycles. The Morgan fingerprint density at radius 1 is 1.26 bits per heavy atom. The maximum Gasteiger partial charge on any atom is 0.321 e. The second-order valence-corrected chi connectivity index (χ2v) is 6.80. The standard InChI is InChI=1S/C15H17BrN4O3/c1-15(2,3)20-14(22)19-12(21)7-23-13-10-6-9(16)4-5-11(10)17-8-18-13/h4-6,8H,7H2,1-3H3,(H2,19,20,21,22). The molecule has 2 rings (SSSR count). The number of hydrogen-bond acceptors (Lipinski definition) is 5. The van der Waals surface area contributed by atoms with Crippen molar-refractivity contribution in [2.75, 3.05) is 6.61 Å². The zero-order chi connectivity index (χ0) is 17.0. The lowest BCUT2D eigenvalue weighted by Gasteiger charge is -2.20. The molecule has 7 nitrogen and oxygen atoms in total. The van der Waals surface area contributed by atoms with Gasteiger partial charge in [0, 0.05) is 10.0 Å². The second kappa shape index (κ2) is 6.91. The first-order chi connectivity index (χ1) is 10.7. The van der Waals surface area contributed by atoms with E-state index in [4.69, 9.17) is 4.74 Å². The summed E-state index contributed by atoms with van der Waals surface area (Å²) in [7, 11) is 0. The molecular formula is C15H17BrN4O3. The average Bonchev–Trinajstić information content (AvgIpc) is 2.42. The molecule has 0 fully saturated rings. The highest BCUT2D eigenvalue weighted by Crippen LogP contribution is 2.24. The molecule has 0 aliphatic heterocycles. The number of fused-ring (bicyclic) bond motifs is 1. The van der Waals surface area contributed by atoms with Gasteiger partial charge < -0.3 is 10.1 Å². The van der Waals surface area contributed by atoms with E-state index in [0.717, 1.165) is 4.47 Å². The number of hydrogen-bond donors (Lipinski definition) is 2. The van der Waals surface area contributed by atoms with E-state index < -0.39 is 17.5 Å². The lowest BCUT2D eigenvalue weighted by Crippen LogP contribution is -2.49. The normalized spacial score (nSPS) is 11.1. The summed E-state index contributed by atoms with van der Waals surface area (Å²) in [6.45, 7) is 5.13. The zero-order valence-electron chi connectivity index (χ0n) is 13.0. The van der Waals surface area contributed by atoms with Crippen LogP contribution in [0.2, 0.25) is 0 Å². The average molecular weight is 381 g/mol. The fraction of sp³-hybridized carbons (Fsp3) is 0.333. The number of carbonyl (C=O) groups excluding carboxylic acids is 2. The molecule has 0 aliphatic carbocycles. The Morgan fingerprint density at radius 3 is 2.70 bits per heavy atom. The molecule has 1 aromatic heterocycles. The summed E-state index contributed by atoms with van der Waals surface area (Å²) in [6, 6.07) is 4.89. The van der Waals surface area contributed by atoms with Gasteiger partial charge in [-0.05, 0) is 39.0 Å². The van der Waals surface area contributed by atoms with Crippen LogP contribution >= 0.6 is 15.9 Å². The van der Waals surface area contributed by atoms with Crippen LogP contribution in [0.4, 0.5) is 4.79 Å². The lowest BCUT2D eigenvalue weighted by molar-refractivity contribution is -0.122. The monoisotopic (exact) mass is 380 g/mol. The fourth-order valence-electron chi connectivity index (χ4n) is 1.79. The molecule has 0 radical (unpaired) electrons. The summed E-state index contributed by atoms with van der Waals surface area (Å²) in [5.74, 6) is -0.281. The van der Waals surface area contributed by atoms with Crippen LogP contribution in [0.3, 0.4) is 0 Å². The van der Waals surface area contributed by atoms with Crippen molar-refractivity contribution in [3.63, 3.8) is 0 Å². The Morgan fingerprint density at radius 2 is 2.00 bits per heavy atom. The minimum absolute atomic E-state index is 0.280. The van der Waals surface area contributed by atoms with Gasteiger partial charge in [0.25, 0.3) is 5.91 Å². The number of aromatic nitrogens is 2. The van der Waals surface area contributed by atoms with Crippen molar-refractivity contribution in [3.05, 3.63) is 29.0 Å². The van der Waals surface area contributed by atoms with Crippen molar-refractivity contribution in [3.8, 4) is 5.88 Å². The van der Waals surface area contributed by atoms with Crippen molar-refractivity contribution in [1.82, 2.24) is 20.6 Å². The highest BCUT2D eigenvalue weighted by Gasteiger charge is 2.16. The van der Waals surface area contributed by atoms with E-state index in [0.29, 0.717) is 10.9 Å². The molecule has 3 amide bonds. The molecule has 8 heteroatoms. The van der Waals surface area contributed by atoms with E-state index >= 15 is 0 Å². The molecule has 0 bridgehead atoms. The number of nitrogens with one attached hydrogen (secondary N) is 2. The number of ether oxygens (including phenoxy) is 1. The van der Waals surface area contributed by atoms with Crippen LogP contribution in [0, 0.1) is 0 Å². The predicted molar refractivity (Wildman–Crippen MR) is 89.2 cm³/mol. The van der Waals surface area contributed by atoms with Gasteiger partial charge in [0.1, 0.15) is 6.33 Å². The van der Waals surface area contributed by atoms with Gasteiger partial charge in [-0.2, -0.15) is 0 Å². The summed E-state index contributed by atoms with van der Waals surface area (Å²) in [4.78, 5) is 31.5. The van der Waals surface area contributed by atoms with Gasteiger partial charge in [0.05, 0.1) is 10.9 Å². The first kappa shape index (κ1) is 17.1. The summed E-state index contributed by atoms with van der Waals surface area (Å²) in [6.07, 6.45) is 1.36. The summed E-state index contributed by atoms with van der Waals surface area (Å²) >= 11 is 3.36. The first-order valence-electron chi connectivity index (χ1n) is 6.90. The largest absolute Gasteiger partial charge is 0.467 e. The smallest absolute Gasteiger partial charge is 0.321 e. The number of amides is 3. The molecule has 0 unspecified atom stereocenters. The molecule has 23 heavy (non-hydrogen) atoms. The fourth-order valence-corrected chi connectivity index (χ4v) is 2.15. The van der Waals surface area contributed by atoms with Crippen LogP contribution < -0.4 is 15.4 Å². The topological polar surface area (TPSA) is 93.2 Å². The molecule has 1 aromatic carbocycles. The second-order valence-electron chi connectivity index (χ2n) is 5.88. The van der Waals surface area contributed by atoms with Crippen LogP contribution in [0.15, 0.2) is 29.0 Å². The predicted octanol–water partition coefficient (Wildman–Crippen LogP) is 2.40. The Balaban J connectivity index is 2.00. The van der Waals surface area contributed by atoms with Crippen LogP contribution in [0.1, 0.15) is 20.8 Å². The minimum Gasteiger partial charge on any atom is -0.467 e. The van der Waals surface area contributed by atoms with E-state index in [1.807, 2.05) is 32.9 Å². The highest BCUT2D eigenvalue weighted by molar-refractivity contribution is 9.10. The third-order valence-corrected chi connectivity index (χ3v) is 3.14. The van der Waals surface area contributed by atoms with E-state index in [1.165, 1.54) is 6.33 Å². The SMILES string of the molecule is CC(C)(C)NC(=O)NC(=O)COc1ncnc2ccc(Br)cc12. The third-order valence-electron chi connectivity index (χ3n) is 2.64. The van der Waals surface area contributed by atoms with Gasteiger partial charge in [0.2, 0.25) is 5.88 Å². The Labute approximate surface area is 142 Å². The molecule has 2 aromatic rings. The number of carbonyl (C=O) groups is 2. The van der Waals surface area contributed by atoms with Crippen molar-refractivity contribution in [2.45, 2.75) is 26.3 Å². The van der Waals surface area contributed by atoms with E-state index in [2.05, 4.69) is 36.5 Å². The lowest BCUT2D eigenvalue weighted by atomic mass is 10.1. The van der Waals surface area contributed by atoms with Crippen LogP contribution in [0.25, 0.3) is 10.9 Å². The van der Waals surface area contributed by atoms with Crippen LogP contribution in [0.5, 0.6) is 5.88 Å². The Bertz CT molecular complexity index is 743. The highest BCUT2D eigenvalue weighted by atomic mass is 79.9. The van der Waals surface area contributed by atoms with Crippen molar-refractivity contribution < 1.29 is 14.3 Å². The Kier molecular flexibility index (Phi) is 5.15. The van der Waals surface area contributed by atoms with Gasteiger partial charge in [-0.25, -0.2) is 14.8 Å². The molecule has 0 aliphatic rings. The molecule has 2 N–H and O–H groups in total. The molecule has 122 valence electrons. The summed E-state index contributed by atoms with van der Waals surface area (Å²) in [5, 5.41) is 5.50. The molecule has 0 saturated heterocycles. The zero-order valence-corrected chi connectivity index (χ0v) is 14.6. The van der Waals surface area contributed by atoms with Crippen molar-refractivity contribution in [2.24, 2.45) is 0 Å². The number of halogens is 1. The number of imide groups is 1. The molecule has 0 spiro atoms. The quantitative estimate of drug-likeness (QED) is 0.852. The number of benzene rings is 1. The van der Waals surface area contributed by atoms with E-state index in [-0.39, 0.29) is 12.5 Å². The van der Waals surface area contributed by atoms with Crippen LogP contribution in [-0.2, 0) is 4.79 Å². The van der Waals surface area contributed by atoms with Gasteiger partial charge in [-0.1, -0.05) is 15.9 Å². The minimum atomic E-state index is -0.568. The van der Waals surface area contributed by atoms with Crippen molar-refractivity contribution in [1.29, 1.82) is 0 Å². The van der Waals surface area contributed by atoms with Gasteiger partial charge >= 0.3 is 6.03 Å². The number of rotatable bonds is 3. The van der Waals surface area contributed by atoms with E-state index in [1.54, 1.807) is 6.07 Å². The molecular weight excluding hydrogens is 364 g/mol. The van der Waals surface area contributed by atoms with Gasteiger partial charge in [-0.3, -0.25) is 10.1 Å². The van der Waals surface area contributed by atoms with Gasteiger partial charge in [-0.15, -0.1) is 0 Å². The maximum atomic E-state index is 11.8. The van der Waals surface area contributed by atoms with Crippen LogP contribution in [-0.4, -0.2) is 34.1 Å². The van der Waals surface area contributed by atoms with Crippen molar-refractivity contribution >= 4 is 38.8 Å². The Hall–Kier alpha value is -2.22. The molecule has 0 atom stereocenters. The van der Waals surface area contributed by atoms with E-state index in [9.17, 15) is 9.59 Å². The van der Waals surface area contributed by atoms with Gasteiger partial charge in [0.15, 0.2) is 6.61 Å². The number of urea groups is 1. The number of nitrogens with zero attached hydrogens (tertiary/aromatic N) is 2. The maximum absolute atomic E-state index is 11.8. The first-order valence-corrected chi connectivity index (χ1v) is 7.69. The third kappa shape index (κ3) is 5.17. The molecule has 1 heterocycles.